The van der Waals surface area contributed by atoms with Gasteiger partial charge in [-0.25, -0.2) is 0 Å². The molecule has 0 aliphatic rings. The van der Waals surface area contributed by atoms with E-state index < -0.39 is 0 Å². The molecule has 0 aromatic heterocycles. The van der Waals surface area contributed by atoms with Gasteiger partial charge in [-0.15, -0.1) is 0 Å². The molecule has 0 radical (unpaired) electrons. The van der Waals surface area contributed by atoms with Crippen LogP contribution in [0.15, 0.2) is 29.4 Å². The number of nitrogens with two attached hydrogens (primary N) is 1. The van der Waals surface area contributed by atoms with Crippen molar-refractivity contribution in [2.24, 2.45) is 10.9 Å². The number of hydrogen-bond donors (Lipinski definition) is 3. The largest absolute Gasteiger partial charge is 0.409 e. The summed E-state index contributed by atoms with van der Waals surface area (Å²) < 4.78 is 0. The van der Waals surface area contributed by atoms with Gasteiger partial charge in [0.25, 0.3) is 0 Å². The fourth-order valence-corrected chi connectivity index (χ4v) is 1.39. The summed E-state index contributed by atoms with van der Waals surface area (Å²) in [7, 11) is 0. The van der Waals surface area contributed by atoms with Gasteiger partial charge in [-0.05, 0) is 31.0 Å². The van der Waals surface area contributed by atoms with Crippen LogP contribution in [0.5, 0.6) is 0 Å². The summed E-state index contributed by atoms with van der Waals surface area (Å²) in [5, 5.41) is 14.8. The molecule has 0 fully saturated rings. The van der Waals surface area contributed by atoms with Crippen molar-refractivity contribution in [3.05, 3.63) is 29.8 Å². The summed E-state index contributed by atoms with van der Waals surface area (Å²) in [5.74, 6) is 0.207. The van der Waals surface area contributed by atoms with Gasteiger partial charge in [-0.3, -0.25) is 0 Å². The minimum Gasteiger partial charge on any atom is -0.409 e. The predicted octanol–water partition coefficient (Wildman–Crippen LogP) is 1.93. The molecule has 1 aromatic rings. The van der Waals surface area contributed by atoms with Gasteiger partial charge in [0, 0.05) is 5.69 Å². The molecule has 0 aliphatic carbocycles. The molecule has 0 aliphatic heterocycles. The van der Waals surface area contributed by atoms with Crippen molar-refractivity contribution >= 4 is 11.5 Å². The summed E-state index contributed by atoms with van der Waals surface area (Å²) >= 11 is 0. The molecule has 0 saturated heterocycles. The maximum absolute atomic E-state index is 8.59. The van der Waals surface area contributed by atoms with Crippen LogP contribution in [0.25, 0.3) is 0 Å². The fourth-order valence-electron chi connectivity index (χ4n) is 1.39. The molecule has 4 N–H and O–H groups in total. The minimum absolute atomic E-state index is 0.128. The van der Waals surface area contributed by atoms with Gasteiger partial charge in [0.05, 0.1) is 6.04 Å². The van der Waals surface area contributed by atoms with Crippen LogP contribution in [0.3, 0.4) is 0 Å². The molecule has 0 spiro atoms. The maximum atomic E-state index is 8.59. The molecule has 1 aromatic carbocycles. The minimum atomic E-state index is -0.128. The number of aryl methyl sites for hydroxylation is 1. The van der Waals surface area contributed by atoms with Crippen molar-refractivity contribution in [1.82, 2.24) is 0 Å². The smallest absolute Gasteiger partial charge is 0.161 e. The van der Waals surface area contributed by atoms with Crippen LogP contribution in [0.4, 0.5) is 5.69 Å². The number of anilines is 1. The van der Waals surface area contributed by atoms with Gasteiger partial charge in [0.15, 0.2) is 5.84 Å². The number of benzene rings is 1. The Bertz CT molecular complexity index is 349. The van der Waals surface area contributed by atoms with Gasteiger partial charge in [-0.2, -0.15) is 0 Å². The second-order valence-electron chi connectivity index (χ2n) is 3.50. The Morgan fingerprint density at radius 2 is 2.33 bits per heavy atom. The zero-order chi connectivity index (χ0) is 11.3. The SMILES string of the molecule is CCC(Nc1cccc(C)c1)C(N)=NO. The quantitative estimate of drug-likeness (QED) is 0.306. The van der Waals surface area contributed by atoms with Crippen LogP contribution in [0.2, 0.25) is 0 Å². The molecular weight excluding hydrogens is 190 g/mol. The molecule has 1 rings (SSSR count). The van der Waals surface area contributed by atoms with Crippen LogP contribution < -0.4 is 11.1 Å². The van der Waals surface area contributed by atoms with E-state index in [1.165, 1.54) is 5.56 Å². The zero-order valence-electron chi connectivity index (χ0n) is 9.07. The third kappa shape index (κ3) is 3.16. The molecule has 0 amide bonds. The highest BCUT2D eigenvalue weighted by atomic mass is 16.4. The van der Waals surface area contributed by atoms with Crippen LogP contribution >= 0.6 is 0 Å². The Hall–Kier alpha value is -1.71. The Kier molecular flexibility index (Phi) is 3.97. The number of hydrogen-bond acceptors (Lipinski definition) is 3. The first-order valence-corrected chi connectivity index (χ1v) is 4.98. The van der Waals surface area contributed by atoms with Crippen molar-refractivity contribution in [3.63, 3.8) is 0 Å². The number of oxime groups is 1. The predicted molar refractivity (Wildman–Crippen MR) is 62.3 cm³/mol. The van der Waals surface area contributed by atoms with Crippen molar-refractivity contribution in [2.75, 3.05) is 5.32 Å². The summed E-state index contributed by atoms with van der Waals surface area (Å²) in [5.41, 5.74) is 7.71. The van der Waals surface area contributed by atoms with Crippen molar-refractivity contribution in [2.45, 2.75) is 26.3 Å². The normalized spacial score (nSPS) is 13.6. The molecule has 0 saturated carbocycles. The van der Waals surface area contributed by atoms with Crippen molar-refractivity contribution in [3.8, 4) is 0 Å². The summed E-state index contributed by atoms with van der Waals surface area (Å²) in [6.07, 6.45) is 0.768. The van der Waals surface area contributed by atoms with Crippen LogP contribution in [0, 0.1) is 6.92 Å². The van der Waals surface area contributed by atoms with Crippen LogP contribution in [-0.4, -0.2) is 17.1 Å². The van der Waals surface area contributed by atoms with Crippen LogP contribution in [-0.2, 0) is 0 Å². The number of nitrogens with zero attached hydrogens (tertiary/aromatic N) is 1. The zero-order valence-corrected chi connectivity index (χ0v) is 9.07. The highest BCUT2D eigenvalue weighted by Gasteiger charge is 2.10. The van der Waals surface area contributed by atoms with E-state index in [2.05, 4.69) is 10.5 Å². The van der Waals surface area contributed by atoms with Gasteiger partial charge in [-0.1, -0.05) is 24.2 Å². The van der Waals surface area contributed by atoms with Crippen molar-refractivity contribution in [1.29, 1.82) is 0 Å². The van der Waals surface area contributed by atoms with E-state index in [0.29, 0.717) is 0 Å². The molecule has 0 bridgehead atoms. The Balaban J connectivity index is 2.75. The lowest BCUT2D eigenvalue weighted by Crippen LogP contribution is -2.35. The average Bonchev–Trinajstić information content (AvgIpc) is 2.25. The van der Waals surface area contributed by atoms with E-state index in [9.17, 15) is 0 Å². The third-order valence-electron chi connectivity index (χ3n) is 2.24. The molecule has 0 heterocycles. The molecular formula is C11H17N3O. The Morgan fingerprint density at radius 3 is 2.87 bits per heavy atom. The lowest BCUT2D eigenvalue weighted by atomic mass is 10.1. The monoisotopic (exact) mass is 207 g/mol. The number of amidine groups is 1. The molecule has 15 heavy (non-hydrogen) atoms. The standard InChI is InChI=1S/C11H17N3O/c1-3-10(11(12)14-15)13-9-6-4-5-8(2)7-9/h4-7,10,13,15H,3H2,1-2H3,(H2,12,14). The lowest BCUT2D eigenvalue weighted by molar-refractivity contribution is 0.316. The molecule has 82 valence electrons. The maximum Gasteiger partial charge on any atom is 0.161 e. The fraction of sp³-hybridized carbons (Fsp3) is 0.364. The highest BCUT2D eigenvalue weighted by molar-refractivity contribution is 5.87. The van der Waals surface area contributed by atoms with E-state index >= 15 is 0 Å². The van der Waals surface area contributed by atoms with Crippen LogP contribution in [0.1, 0.15) is 18.9 Å². The number of rotatable bonds is 4. The molecule has 1 atom stereocenters. The van der Waals surface area contributed by atoms with Gasteiger partial charge >= 0.3 is 0 Å². The first kappa shape index (κ1) is 11.4. The Morgan fingerprint density at radius 1 is 1.60 bits per heavy atom. The highest BCUT2D eigenvalue weighted by Crippen LogP contribution is 2.12. The number of nitrogens with one attached hydrogen (secondary N) is 1. The van der Waals surface area contributed by atoms with E-state index in [0.717, 1.165) is 12.1 Å². The van der Waals surface area contributed by atoms with E-state index in [1.54, 1.807) is 0 Å². The van der Waals surface area contributed by atoms with E-state index in [4.69, 9.17) is 10.9 Å². The Labute approximate surface area is 89.8 Å². The summed E-state index contributed by atoms with van der Waals surface area (Å²) in [6, 6.07) is 7.84. The average molecular weight is 207 g/mol. The molecule has 4 nitrogen and oxygen atoms in total. The summed E-state index contributed by atoms with van der Waals surface area (Å²) in [4.78, 5) is 0. The first-order valence-electron chi connectivity index (χ1n) is 4.98. The van der Waals surface area contributed by atoms with Crippen molar-refractivity contribution < 1.29 is 5.21 Å². The lowest BCUT2D eigenvalue weighted by Gasteiger charge is -2.16. The third-order valence-corrected chi connectivity index (χ3v) is 2.24. The van der Waals surface area contributed by atoms with Gasteiger partial charge < -0.3 is 16.3 Å². The molecule has 4 heteroatoms. The molecule has 1 unspecified atom stereocenters. The summed E-state index contributed by atoms with van der Waals surface area (Å²) in [6.45, 7) is 4.00. The topological polar surface area (TPSA) is 70.6 Å². The van der Waals surface area contributed by atoms with Gasteiger partial charge in [0.1, 0.15) is 0 Å². The van der Waals surface area contributed by atoms with E-state index in [1.807, 2.05) is 38.1 Å². The van der Waals surface area contributed by atoms with E-state index in [-0.39, 0.29) is 11.9 Å². The first-order chi connectivity index (χ1) is 7.17. The second kappa shape index (κ2) is 5.24. The van der Waals surface area contributed by atoms with Gasteiger partial charge in [0.2, 0.25) is 0 Å². The second-order valence-corrected chi connectivity index (χ2v) is 3.50.